The lowest BCUT2D eigenvalue weighted by molar-refractivity contribution is -0.136. The van der Waals surface area contributed by atoms with Gasteiger partial charge in [0, 0.05) is 0 Å². The summed E-state index contributed by atoms with van der Waals surface area (Å²) in [4.78, 5) is 21.9. The molecule has 0 aliphatic rings. The van der Waals surface area contributed by atoms with Crippen LogP contribution in [0.25, 0.3) is 0 Å². The molecular weight excluding hydrogens is 249 g/mol. The molecule has 0 aliphatic heterocycles. The van der Waals surface area contributed by atoms with Gasteiger partial charge in [0.25, 0.3) is 0 Å². The van der Waals surface area contributed by atoms with Gasteiger partial charge in [-0.1, -0.05) is 12.1 Å². The summed E-state index contributed by atoms with van der Waals surface area (Å²) >= 11 is 0. The fourth-order valence-electron chi connectivity index (χ4n) is 1.21. The maximum Gasteiger partial charge on any atom is 0.418 e. The second kappa shape index (κ2) is 5.52. The third-order valence-electron chi connectivity index (χ3n) is 1.98. The zero-order chi connectivity index (χ0) is 13.8. The van der Waals surface area contributed by atoms with Crippen LogP contribution in [0.5, 0.6) is 0 Å². The molecule has 0 saturated carbocycles. The first-order valence-corrected chi connectivity index (χ1v) is 5.01. The van der Waals surface area contributed by atoms with Crippen molar-refractivity contribution in [1.82, 2.24) is 5.32 Å². The fourth-order valence-corrected chi connectivity index (χ4v) is 1.21. The van der Waals surface area contributed by atoms with Crippen LogP contribution in [-0.4, -0.2) is 18.4 Å². The van der Waals surface area contributed by atoms with Crippen LogP contribution in [0.15, 0.2) is 24.3 Å². The minimum absolute atomic E-state index is 0.236. The van der Waals surface area contributed by atoms with Gasteiger partial charge in [-0.2, -0.15) is 13.2 Å². The van der Waals surface area contributed by atoms with E-state index in [1.165, 1.54) is 19.1 Å². The van der Waals surface area contributed by atoms with E-state index in [2.05, 4.69) is 10.6 Å². The number of halogens is 3. The first-order valence-electron chi connectivity index (χ1n) is 5.01. The number of amides is 2. The molecular formula is C11H11F3N2O2. The molecule has 0 aliphatic carbocycles. The molecule has 4 nitrogen and oxygen atoms in total. The quantitative estimate of drug-likeness (QED) is 0.876. The lowest BCUT2D eigenvalue weighted by Crippen LogP contribution is -2.33. The Bertz CT molecular complexity index is 458. The minimum atomic E-state index is -4.55. The van der Waals surface area contributed by atoms with Crippen molar-refractivity contribution < 1.29 is 22.8 Å². The average molecular weight is 260 g/mol. The molecule has 2 amide bonds. The number of hydrogen-bond donors (Lipinski definition) is 2. The Morgan fingerprint density at radius 2 is 1.83 bits per heavy atom. The normalized spacial score (nSPS) is 10.9. The Labute approximate surface area is 101 Å². The van der Waals surface area contributed by atoms with Crippen molar-refractivity contribution in [3.8, 4) is 0 Å². The van der Waals surface area contributed by atoms with Crippen LogP contribution in [0.4, 0.5) is 23.7 Å². The molecule has 18 heavy (non-hydrogen) atoms. The van der Waals surface area contributed by atoms with Crippen LogP contribution in [0.3, 0.4) is 0 Å². The summed E-state index contributed by atoms with van der Waals surface area (Å²) in [6.07, 6.45) is -4.55. The van der Waals surface area contributed by atoms with Crippen LogP contribution in [0, 0.1) is 0 Å². The largest absolute Gasteiger partial charge is 0.418 e. The number of urea groups is 1. The standard InChI is InChI=1S/C11H11F3N2O2/c1-7(17)6-15-10(18)16-9-5-3-2-4-8(9)11(12,13)14/h2-5H,6H2,1H3,(H2,15,16,18). The Balaban J connectivity index is 2.79. The van der Waals surface area contributed by atoms with Gasteiger partial charge in [0.05, 0.1) is 17.8 Å². The van der Waals surface area contributed by atoms with Gasteiger partial charge in [0.15, 0.2) is 0 Å². The summed E-state index contributed by atoms with van der Waals surface area (Å²) in [5.74, 6) is -0.297. The van der Waals surface area contributed by atoms with E-state index in [4.69, 9.17) is 0 Å². The number of ketones is 1. The maximum atomic E-state index is 12.6. The first-order chi connectivity index (χ1) is 8.30. The van der Waals surface area contributed by atoms with E-state index < -0.39 is 17.8 Å². The number of para-hydroxylation sites is 1. The molecule has 1 aromatic rings. The number of hydrogen-bond acceptors (Lipinski definition) is 2. The highest BCUT2D eigenvalue weighted by molar-refractivity contribution is 5.92. The van der Waals surface area contributed by atoms with Gasteiger partial charge in [0.1, 0.15) is 5.78 Å². The molecule has 0 fully saturated rings. The molecule has 0 aromatic heterocycles. The molecule has 2 N–H and O–H groups in total. The Kier molecular flexibility index (Phi) is 4.30. The highest BCUT2D eigenvalue weighted by Gasteiger charge is 2.33. The summed E-state index contributed by atoms with van der Waals surface area (Å²) in [6.45, 7) is 1.02. The van der Waals surface area contributed by atoms with Crippen molar-refractivity contribution in [3.05, 3.63) is 29.8 Å². The predicted molar refractivity (Wildman–Crippen MR) is 59.1 cm³/mol. The van der Waals surface area contributed by atoms with E-state index >= 15 is 0 Å². The number of rotatable bonds is 3. The topological polar surface area (TPSA) is 58.2 Å². The number of benzene rings is 1. The Morgan fingerprint density at radius 3 is 2.39 bits per heavy atom. The van der Waals surface area contributed by atoms with Crippen LogP contribution in [0.2, 0.25) is 0 Å². The predicted octanol–water partition coefficient (Wildman–Crippen LogP) is 2.42. The van der Waals surface area contributed by atoms with E-state index in [-0.39, 0.29) is 18.0 Å². The average Bonchev–Trinajstić information content (AvgIpc) is 2.25. The number of alkyl halides is 3. The number of carbonyl (C=O) groups excluding carboxylic acids is 2. The molecule has 0 radical (unpaired) electrons. The summed E-state index contributed by atoms with van der Waals surface area (Å²) in [5.41, 5.74) is -1.30. The fraction of sp³-hybridized carbons (Fsp3) is 0.273. The molecule has 1 aromatic carbocycles. The third kappa shape index (κ3) is 4.08. The Hall–Kier alpha value is -2.05. The van der Waals surface area contributed by atoms with Crippen molar-refractivity contribution in [2.45, 2.75) is 13.1 Å². The molecule has 0 saturated heterocycles. The van der Waals surface area contributed by atoms with Crippen LogP contribution >= 0.6 is 0 Å². The first kappa shape index (κ1) is 14.0. The lowest BCUT2D eigenvalue weighted by Gasteiger charge is -2.13. The van der Waals surface area contributed by atoms with Gasteiger partial charge in [0.2, 0.25) is 0 Å². The molecule has 0 unspecified atom stereocenters. The lowest BCUT2D eigenvalue weighted by atomic mass is 10.1. The molecule has 0 heterocycles. The van der Waals surface area contributed by atoms with Gasteiger partial charge in [-0.15, -0.1) is 0 Å². The number of nitrogens with one attached hydrogen (secondary N) is 2. The molecule has 0 bridgehead atoms. The smallest absolute Gasteiger partial charge is 0.331 e. The number of carbonyl (C=O) groups is 2. The van der Waals surface area contributed by atoms with E-state index in [9.17, 15) is 22.8 Å². The zero-order valence-electron chi connectivity index (χ0n) is 9.47. The van der Waals surface area contributed by atoms with Crippen LogP contribution in [0.1, 0.15) is 12.5 Å². The van der Waals surface area contributed by atoms with Gasteiger partial charge in [-0.25, -0.2) is 4.79 Å². The van der Waals surface area contributed by atoms with Crippen molar-refractivity contribution in [2.75, 3.05) is 11.9 Å². The second-order valence-electron chi connectivity index (χ2n) is 3.55. The van der Waals surface area contributed by atoms with Gasteiger partial charge < -0.3 is 10.6 Å². The number of Topliss-reactive ketones (excluding diaryl/α,β-unsaturated/α-hetero) is 1. The van der Waals surface area contributed by atoms with E-state index in [1.807, 2.05) is 0 Å². The molecule has 1 rings (SSSR count). The monoisotopic (exact) mass is 260 g/mol. The highest BCUT2D eigenvalue weighted by Crippen LogP contribution is 2.34. The van der Waals surface area contributed by atoms with E-state index in [1.54, 1.807) is 0 Å². The van der Waals surface area contributed by atoms with Gasteiger partial charge in [-0.3, -0.25) is 4.79 Å². The SMILES string of the molecule is CC(=O)CNC(=O)Nc1ccccc1C(F)(F)F. The van der Waals surface area contributed by atoms with Crippen molar-refractivity contribution >= 4 is 17.5 Å². The van der Waals surface area contributed by atoms with E-state index in [0.717, 1.165) is 12.1 Å². The number of anilines is 1. The summed E-state index contributed by atoms with van der Waals surface area (Å²) in [6, 6.07) is 3.73. The maximum absolute atomic E-state index is 12.6. The summed E-state index contributed by atoms with van der Waals surface area (Å²) < 4.78 is 37.8. The van der Waals surface area contributed by atoms with Crippen LogP contribution in [-0.2, 0) is 11.0 Å². The van der Waals surface area contributed by atoms with E-state index in [0.29, 0.717) is 0 Å². The molecule has 98 valence electrons. The summed E-state index contributed by atoms with van der Waals surface area (Å²) in [5, 5.41) is 4.19. The third-order valence-corrected chi connectivity index (χ3v) is 1.98. The second-order valence-corrected chi connectivity index (χ2v) is 3.55. The van der Waals surface area contributed by atoms with Crippen molar-refractivity contribution in [3.63, 3.8) is 0 Å². The van der Waals surface area contributed by atoms with Crippen LogP contribution < -0.4 is 10.6 Å². The van der Waals surface area contributed by atoms with Gasteiger partial charge in [-0.05, 0) is 19.1 Å². The Morgan fingerprint density at radius 1 is 1.22 bits per heavy atom. The molecule has 7 heteroatoms. The van der Waals surface area contributed by atoms with Crippen molar-refractivity contribution in [1.29, 1.82) is 0 Å². The molecule has 0 atom stereocenters. The van der Waals surface area contributed by atoms with Gasteiger partial charge >= 0.3 is 12.2 Å². The highest BCUT2D eigenvalue weighted by atomic mass is 19.4. The minimum Gasteiger partial charge on any atom is -0.331 e. The molecule has 0 spiro atoms. The van der Waals surface area contributed by atoms with Crippen molar-refractivity contribution in [2.24, 2.45) is 0 Å². The zero-order valence-corrected chi connectivity index (χ0v) is 9.47. The summed E-state index contributed by atoms with van der Waals surface area (Å²) in [7, 11) is 0.